The summed E-state index contributed by atoms with van der Waals surface area (Å²) in [6.45, 7) is 0. The van der Waals surface area contributed by atoms with Crippen LogP contribution in [0.1, 0.15) is 0 Å². The van der Waals surface area contributed by atoms with Gasteiger partial charge in [0.2, 0.25) is 5.91 Å². The Balaban J connectivity index is 1.47. The van der Waals surface area contributed by atoms with Crippen LogP contribution in [0.5, 0.6) is 0 Å². The van der Waals surface area contributed by atoms with Crippen molar-refractivity contribution in [3.63, 3.8) is 0 Å². The van der Waals surface area contributed by atoms with Crippen molar-refractivity contribution in [2.24, 2.45) is 7.05 Å². The summed E-state index contributed by atoms with van der Waals surface area (Å²) in [4.78, 5) is 12.3. The lowest BCUT2D eigenvalue weighted by Gasteiger charge is -2.07. The Morgan fingerprint density at radius 2 is 1.86 bits per heavy atom. The third kappa shape index (κ3) is 4.60. The van der Waals surface area contributed by atoms with E-state index < -0.39 is 0 Å². The molecule has 0 atom stereocenters. The van der Waals surface area contributed by atoms with Crippen LogP contribution in [-0.2, 0) is 11.8 Å². The smallest absolute Gasteiger partial charge is 0.234 e. The summed E-state index contributed by atoms with van der Waals surface area (Å²) in [6.07, 6.45) is 0. The van der Waals surface area contributed by atoms with E-state index >= 15 is 0 Å². The van der Waals surface area contributed by atoms with Gasteiger partial charge in [0, 0.05) is 25.9 Å². The molecule has 1 amide bonds. The zero-order valence-corrected chi connectivity index (χ0v) is 20.5. The number of hydrogen-bond acceptors (Lipinski definition) is 5. The maximum atomic E-state index is 12.3. The van der Waals surface area contributed by atoms with Gasteiger partial charge in [0.15, 0.2) is 16.7 Å². The standard InChI is InChI=1S/C19H13Br3N4O2S/c1-26-18(16-7-10-6-11(20)3-5-15(10)28-16)24-25-19(26)29-9-17(27)23-14-8-12(21)2-4-13(14)22/h2-8H,9H2,1H3,(H,23,27). The van der Waals surface area contributed by atoms with Crippen molar-refractivity contribution in [3.8, 4) is 11.6 Å². The van der Waals surface area contributed by atoms with E-state index in [0.717, 1.165) is 24.4 Å². The third-order valence-corrected chi connectivity index (χ3v) is 6.77. The summed E-state index contributed by atoms with van der Waals surface area (Å²) >= 11 is 11.6. The van der Waals surface area contributed by atoms with Gasteiger partial charge in [-0.3, -0.25) is 4.79 Å². The average molecular weight is 601 g/mol. The normalized spacial score (nSPS) is 11.2. The molecule has 148 valence electrons. The Hall–Kier alpha value is -1.62. The lowest BCUT2D eigenvalue weighted by atomic mass is 10.2. The topological polar surface area (TPSA) is 73.0 Å². The van der Waals surface area contributed by atoms with Crippen molar-refractivity contribution in [3.05, 3.63) is 55.9 Å². The van der Waals surface area contributed by atoms with E-state index in [9.17, 15) is 4.79 Å². The van der Waals surface area contributed by atoms with Gasteiger partial charge in [-0.15, -0.1) is 10.2 Å². The van der Waals surface area contributed by atoms with Gasteiger partial charge in [-0.1, -0.05) is 43.6 Å². The van der Waals surface area contributed by atoms with E-state index in [0.29, 0.717) is 22.4 Å². The van der Waals surface area contributed by atoms with Gasteiger partial charge in [-0.2, -0.15) is 0 Å². The Kier molecular flexibility index (Phi) is 6.14. The number of nitrogens with one attached hydrogen (secondary N) is 1. The van der Waals surface area contributed by atoms with Crippen molar-refractivity contribution in [1.29, 1.82) is 0 Å². The Morgan fingerprint density at radius 3 is 2.69 bits per heavy atom. The van der Waals surface area contributed by atoms with E-state index in [-0.39, 0.29) is 11.7 Å². The predicted octanol–water partition coefficient (Wildman–Crippen LogP) is 6.25. The van der Waals surface area contributed by atoms with Crippen LogP contribution in [0.15, 0.2) is 65.5 Å². The first-order valence-corrected chi connectivity index (χ1v) is 11.7. The van der Waals surface area contributed by atoms with E-state index in [2.05, 4.69) is 63.3 Å². The minimum atomic E-state index is -0.132. The molecule has 0 spiro atoms. The first-order valence-electron chi connectivity index (χ1n) is 8.37. The van der Waals surface area contributed by atoms with Gasteiger partial charge < -0.3 is 14.3 Å². The number of amides is 1. The Labute approximate surface area is 195 Å². The molecular formula is C19H13Br3N4O2S. The second-order valence-corrected chi connectivity index (χ2v) is 9.75. The molecule has 0 saturated carbocycles. The molecule has 0 aliphatic rings. The van der Waals surface area contributed by atoms with Crippen LogP contribution in [0.4, 0.5) is 5.69 Å². The molecule has 0 radical (unpaired) electrons. The van der Waals surface area contributed by atoms with Crippen LogP contribution in [0.3, 0.4) is 0 Å². The number of rotatable bonds is 5. The molecule has 0 fully saturated rings. The SMILES string of the molecule is Cn1c(SCC(=O)Nc2cc(Br)ccc2Br)nnc1-c1cc2cc(Br)ccc2o1. The molecule has 2 heterocycles. The zero-order chi connectivity index (χ0) is 20.5. The quantitative estimate of drug-likeness (QED) is 0.274. The highest BCUT2D eigenvalue weighted by Crippen LogP contribution is 2.30. The lowest BCUT2D eigenvalue weighted by molar-refractivity contribution is -0.113. The van der Waals surface area contributed by atoms with E-state index in [1.54, 1.807) is 0 Å². The fourth-order valence-electron chi connectivity index (χ4n) is 2.69. The van der Waals surface area contributed by atoms with Gasteiger partial charge >= 0.3 is 0 Å². The van der Waals surface area contributed by atoms with Crippen molar-refractivity contribution in [2.45, 2.75) is 5.16 Å². The molecule has 0 saturated heterocycles. The van der Waals surface area contributed by atoms with Crippen molar-refractivity contribution < 1.29 is 9.21 Å². The van der Waals surface area contributed by atoms with Crippen LogP contribution in [0, 0.1) is 0 Å². The average Bonchev–Trinajstić information content (AvgIpc) is 3.25. The number of aromatic nitrogens is 3. The number of halogens is 3. The zero-order valence-electron chi connectivity index (χ0n) is 14.9. The van der Waals surface area contributed by atoms with Crippen LogP contribution < -0.4 is 5.32 Å². The fraction of sp³-hybridized carbons (Fsp3) is 0.105. The highest BCUT2D eigenvalue weighted by molar-refractivity contribution is 9.11. The van der Waals surface area contributed by atoms with E-state index in [4.69, 9.17) is 4.42 Å². The highest BCUT2D eigenvalue weighted by Gasteiger charge is 2.17. The highest BCUT2D eigenvalue weighted by atomic mass is 79.9. The number of hydrogen-bond donors (Lipinski definition) is 1. The number of carbonyl (C=O) groups is 1. The summed E-state index contributed by atoms with van der Waals surface area (Å²) in [6, 6.07) is 13.3. The fourth-order valence-corrected chi connectivity index (χ4v) is 4.49. The largest absolute Gasteiger partial charge is 0.453 e. The van der Waals surface area contributed by atoms with E-state index in [1.807, 2.05) is 54.1 Å². The molecule has 2 aromatic carbocycles. The maximum Gasteiger partial charge on any atom is 0.234 e. The number of benzene rings is 2. The number of nitrogens with zero attached hydrogens (tertiary/aromatic N) is 3. The van der Waals surface area contributed by atoms with Crippen molar-refractivity contribution in [2.75, 3.05) is 11.1 Å². The molecule has 0 aliphatic heterocycles. The Morgan fingerprint density at radius 1 is 1.10 bits per heavy atom. The summed E-state index contributed by atoms with van der Waals surface area (Å²) < 4.78 is 10.4. The lowest BCUT2D eigenvalue weighted by Crippen LogP contribution is -2.14. The number of furan rings is 1. The molecule has 10 heteroatoms. The first-order chi connectivity index (χ1) is 13.9. The summed E-state index contributed by atoms with van der Waals surface area (Å²) in [5.41, 5.74) is 1.48. The van der Waals surface area contributed by atoms with Gasteiger partial charge in [0.25, 0.3) is 0 Å². The minimum absolute atomic E-state index is 0.132. The number of anilines is 1. The molecular weight excluding hydrogens is 588 g/mol. The molecule has 1 N–H and O–H groups in total. The second kappa shape index (κ2) is 8.63. The van der Waals surface area contributed by atoms with E-state index in [1.165, 1.54) is 11.8 Å². The first kappa shape index (κ1) is 20.6. The van der Waals surface area contributed by atoms with Gasteiger partial charge in [-0.05, 0) is 58.4 Å². The second-order valence-electron chi connectivity index (χ2n) is 6.12. The van der Waals surface area contributed by atoms with Crippen molar-refractivity contribution >= 4 is 82.1 Å². The van der Waals surface area contributed by atoms with Crippen LogP contribution in [0.2, 0.25) is 0 Å². The van der Waals surface area contributed by atoms with Crippen molar-refractivity contribution in [1.82, 2.24) is 14.8 Å². The molecule has 2 aromatic heterocycles. The van der Waals surface area contributed by atoms with Crippen LogP contribution in [-0.4, -0.2) is 26.4 Å². The summed E-state index contributed by atoms with van der Waals surface area (Å²) in [7, 11) is 1.85. The molecule has 6 nitrogen and oxygen atoms in total. The number of fused-ring (bicyclic) bond motifs is 1. The van der Waals surface area contributed by atoms with Gasteiger partial charge in [-0.25, -0.2) is 0 Å². The predicted molar refractivity (Wildman–Crippen MR) is 125 cm³/mol. The molecule has 0 aliphatic carbocycles. The molecule has 0 bridgehead atoms. The minimum Gasteiger partial charge on any atom is -0.453 e. The maximum absolute atomic E-state index is 12.3. The molecule has 4 aromatic rings. The molecule has 0 unspecified atom stereocenters. The van der Waals surface area contributed by atoms with Crippen LogP contribution in [0.25, 0.3) is 22.6 Å². The monoisotopic (exact) mass is 598 g/mol. The van der Waals surface area contributed by atoms with Gasteiger partial charge in [0.05, 0.1) is 11.4 Å². The summed E-state index contributed by atoms with van der Waals surface area (Å²) in [5.74, 6) is 1.31. The van der Waals surface area contributed by atoms with Crippen LogP contribution >= 0.6 is 59.6 Å². The Bertz CT molecular complexity index is 1220. The molecule has 4 rings (SSSR count). The number of thioether (sulfide) groups is 1. The third-order valence-electron chi connectivity index (χ3n) is 4.07. The number of carbonyl (C=O) groups excluding carboxylic acids is 1. The summed E-state index contributed by atoms with van der Waals surface area (Å²) in [5, 5.41) is 12.9. The molecule has 29 heavy (non-hydrogen) atoms. The van der Waals surface area contributed by atoms with Gasteiger partial charge in [0.1, 0.15) is 5.58 Å².